The van der Waals surface area contributed by atoms with E-state index in [1.807, 2.05) is 24.6 Å². The van der Waals surface area contributed by atoms with Crippen LogP contribution < -0.4 is 5.73 Å². The molecule has 90 valence electrons. The highest BCUT2D eigenvalue weighted by atomic mass is 32.2. The van der Waals surface area contributed by atoms with E-state index in [1.165, 1.54) is 4.90 Å². The van der Waals surface area contributed by atoms with Gasteiger partial charge in [0.05, 0.1) is 0 Å². The van der Waals surface area contributed by atoms with Gasteiger partial charge in [-0.3, -0.25) is 4.79 Å². The van der Waals surface area contributed by atoms with Crippen LogP contribution in [0.2, 0.25) is 0 Å². The summed E-state index contributed by atoms with van der Waals surface area (Å²) in [6.07, 6.45) is 4.19. The Balaban J connectivity index is 2.33. The number of benzene rings is 1. The highest BCUT2D eigenvalue weighted by Crippen LogP contribution is 2.24. The molecule has 0 aliphatic rings. The van der Waals surface area contributed by atoms with Gasteiger partial charge in [-0.25, -0.2) is 0 Å². The third-order valence-corrected chi connectivity index (χ3v) is 3.46. The molecule has 1 unspecified atom stereocenters. The minimum Gasteiger partial charge on any atom is -0.480 e. The number of hydrogen-bond donors (Lipinski definition) is 3. The number of nitrogens with two attached hydrogens (primary N) is 1. The SMILES string of the molecule is CSc1ccc2c(CC(N)C(=O)O)c[nH]c2c1. The molecule has 0 bridgehead atoms. The molecule has 0 saturated heterocycles. The van der Waals surface area contributed by atoms with Crippen molar-refractivity contribution in [1.82, 2.24) is 4.98 Å². The summed E-state index contributed by atoms with van der Waals surface area (Å²) in [6, 6.07) is 5.22. The van der Waals surface area contributed by atoms with Gasteiger partial charge < -0.3 is 15.8 Å². The molecule has 0 aliphatic heterocycles. The van der Waals surface area contributed by atoms with Crippen molar-refractivity contribution in [3.63, 3.8) is 0 Å². The number of H-pyrrole nitrogens is 1. The number of carboxylic acids is 1. The van der Waals surface area contributed by atoms with Gasteiger partial charge in [-0.15, -0.1) is 11.8 Å². The van der Waals surface area contributed by atoms with E-state index in [0.29, 0.717) is 6.42 Å². The first-order chi connectivity index (χ1) is 8.11. The van der Waals surface area contributed by atoms with E-state index in [0.717, 1.165) is 16.5 Å². The Morgan fingerprint density at radius 2 is 2.35 bits per heavy atom. The van der Waals surface area contributed by atoms with Gasteiger partial charge in [-0.05, 0) is 24.0 Å². The first-order valence-electron chi connectivity index (χ1n) is 5.24. The summed E-state index contributed by atoms with van der Waals surface area (Å²) >= 11 is 1.67. The Bertz CT molecular complexity index is 550. The number of nitrogens with one attached hydrogen (secondary N) is 1. The lowest BCUT2D eigenvalue weighted by Gasteiger charge is -2.05. The second kappa shape index (κ2) is 4.81. The number of hydrogen-bond acceptors (Lipinski definition) is 3. The molecule has 0 fully saturated rings. The molecule has 17 heavy (non-hydrogen) atoms. The van der Waals surface area contributed by atoms with Crippen molar-refractivity contribution in [2.24, 2.45) is 5.73 Å². The van der Waals surface area contributed by atoms with Crippen LogP contribution in [0.3, 0.4) is 0 Å². The van der Waals surface area contributed by atoms with Crippen LogP contribution in [0.25, 0.3) is 10.9 Å². The number of fused-ring (bicyclic) bond motifs is 1. The van der Waals surface area contributed by atoms with Crippen LogP contribution in [0.1, 0.15) is 5.56 Å². The van der Waals surface area contributed by atoms with Crippen molar-refractivity contribution in [1.29, 1.82) is 0 Å². The molecule has 1 atom stereocenters. The Hall–Kier alpha value is -1.46. The van der Waals surface area contributed by atoms with Crippen molar-refractivity contribution in [2.75, 3.05) is 6.26 Å². The third-order valence-electron chi connectivity index (χ3n) is 2.73. The van der Waals surface area contributed by atoms with Crippen LogP contribution in [0.4, 0.5) is 0 Å². The molecule has 4 nitrogen and oxygen atoms in total. The first-order valence-corrected chi connectivity index (χ1v) is 6.46. The van der Waals surface area contributed by atoms with Gasteiger partial charge in [0, 0.05) is 28.4 Å². The second-order valence-corrected chi connectivity index (χ2v) is 4.75. The van der Waals surface area contributed by atoms with Crippen molar-refractivity contribution >= 4 is 28.6 Å². The standard InChI is InChI=1S/C12H14N2O2S/c1-17-8-2-3-9-7(4-10(13)12(15)16)6-14-11(9)5-8/h2-3,5-6,10,14H,4,13H2,1H3,(H,15,16). The summed E-state index contributed by atoms with van der Waals surface area (Å²) in [5, 5.41) is 9.84. The number of carboxylic acid groups (broad SMARTS) is 1. The maximum atomic E-state index is 10.7. The normalized spacial score (nSPS) is 12.8. The van der Waals surface area contributed by atoms with Gasteiger partial charge in [0.25, 0.3) is 0 Å². The molecule has 5 heteroatoms. The van der Waals surface area contributed by atoms with E-state index in [1.54, 1.807) is 11.8 Å². The Morgan fingerprint density at radius 3 is 3.00 bits per heavy atom. The molecule has 4 N–H and O–H groups in total. The van der Waals surface area contributed by atoms with Gasteiger partial charge in [0.1, 0.15) is 6.04 Å². The minimum atomic E-state index is -0.972. The summed E-state index contributed by atoms with van der Waals surface area (Å²) < 4.78 is 0. The average molecular weight is 250 g/mol. The summed E-state index contributed by atoms with van der Waals surface area (Å²) in [6.45, 7) is 0. The van der Waals surface area contributed by atoms with Crippen LogP contribution in [0.5, 0.6) is 0 Å². The van der Waals surface area contributed by atoms with Crippen molar-refractivity contribution in [3.8, 4) is 0 Å². The zero-order valence-corrected chi connectivity index (χ0v) is 10.3. The van der Waals surface area contributed by atoms with Crippen molar-refractivity contribution < 1.29 is 9.90 Å². The summed E-state index contributed by atoms with van der Waals surface area (Å²) in [5.41, 5.74) is 7.50. The Morgan fingerprint density at radius 1 is 1.59 bits per heavy atom. The highest BCUT2D eigenvalue weighted by molar-refractivity contribution is 7.98. The molecule has 0 aliphatic carbocycles. The fourth-order valence-corrected chi connectivity index (χ4v) is 2.23. The van der Waals surface area contributed by atoms with Crippen molar-refractivity contribution in [2.45, 2.75) is 17.4 Å². The maximum absolute atomic E-state index is 10.7. The zero-order chi connectivity index (χ0) is 12.4. The highest BCUT2D eigenvalue weighted by Gasteiger charge is 2.14. The molecule has 2 aromatic rings. The molecule has 2 rings (SSSR count). The number of aromatic nitrogens is 1. The number of rotatable bonds is 4. The predicted octanol–water partition coefficient (Wildman–Crippen LogP) is 1.84. The van der Waals surface area contributed by atoms with E-state index in [2.05, 4.69) is 11.1 Å². The fourth-order valence-electron chi connectivity index (χ4n) is 1.79. The summed E-state index contributed by atoms with van der Waals surface area (Å²) in [7, 11) is 0. The lowest BCUT2D eigenvalue weighted by Crippen LogP contribution is -2.32. The first kappa shape index (κ1) is 12.0. The van der Waals surface area contributed by atoms with Crippen molar-refractivity contribution in [3.05, 3.63) is 30.0 Å². The largest absolute Gasteiger partial charge is 0.480 e. The van der Waals surface area contributed by atoms with E-state index in [-0.39, 0.29) is 0 Å². The van der Waals surface area contributed by atoms with Gasteiger partial charge >= 0.3 is 5.97 Å². The predicted molar refractivity (Wildman–Crippen MR) is 69.4 cm³/mol. The molecular weight excluding hydrogens is 236 g/mol. The Kier molecular flexibility index (Phi) is 3.40. The number of aliphatic carboxylic acids is 1. The summed E-state index contributed by atoms with van der Waals surface area (Å²) in [4.78, 5) is 15.0. The monoisotopic (exact) mass is 250 g/mol. The van der Waals surface area contributed by atoms with E-state index >= 15 is 0 Å². The molecule has 1 aromatic carbocycles. The molecule has 0 amide bonds. The topological polar surface area (TPSA) is 79.1 Å². The minimum absolute atomic E-state index is 0.341. The number of carbonyl (C=O) groups is 1. The second-order valence-electron chi connectivity index (χ2n) is 3.87. The van der Waals surface area contributed by atoms with Gasteiger partial charge in [0.15, 0.2) is 0 Å². The van der Waals surface area contributed by atoms with Gasteiger partial charge in [-0.2, -0.15) is 0 Å². The van der Waals surface area contributed by atoms with Crippen LogP contribution in [0, 0.1) is 0 Å². The van der Waals surface area contributed by atoms with Gasteiger partial charge in [0.2, 0.25) is 0 Å². The molecule has 0 saturated carbocycles. The number of aromatic amines is 1. The van der Waals surface area contributed by atoms with Crippen LogP contribution >= 0.6 is 11.8 Å². The lowest BCUT2D eigenvalue weighted by molar-refractivity contribution is -0.138. The average Bonchev–Trinajstić information content (AvgIpc) is 2.71. The van der Waals surface area contributed by atoms with E-state index in [9.17, 15) is 4.79 Å². The molecule has 1 aromatic heterocycles. The van der Waals surface area contributed by atoms with E-state index in [4.69, 9.17) is 10.8 Å². The van der Waals surface area contributed by atoms with E-state index < -0.39 is 12.0 Å². The van der Waals surface area contributed by atoms with Crippen LogP contribution in [-0.4, -0.2) is 28.4 Å². The van der Waals surface area contributed by atoms with Crippen LogP contribution in [0.15, 0.2) is 29.3 Å². The quantitative estimate of drug-likeness (QED) is 0.723. The Labute approximate surface area is 103 Å². The molecular formula is C12H14N2O2S. The van der Waals surface area contributed by atoms with Crippen LogP contribution in [-0.2, 0) is 11.2 Å². The molecule has 1 heterocycles. The lowest BCUT2D eigenvalue weighted by atomic mass is 10.1. The fraction of sp³-hybridized carbons (Fsp3) is 0.250. The third kappa shape index (κ3) is 2.45. The smallest absolute Gasteiger partial charge is 0.320 e. The zero-order valence-electron chi connectivity index (χ0n) is 9.43. The molecule has 0 spiro atoms. The van der Waals surface area contributed by atoms with Gasteiger partial charge in [-0.1, -0.05) is 6.07 Å². The number of thioether (sulfide) groups is 1. The molecule has 0 radical (unpaired) electrons. The summed E-state index contributed by atoms with van der Waals surface area (Å²) in [5.74, 6) is -0.972. The maximum Gasteiger partial charge on any atom is 0.320 e.